The van der Waals surface area contributed by atoms with Crippen molar-refractivity contribution in [1.82, 2.24) is 5.48 Å². The van der Waals surface area contributed by atoms with E-state index in [0.717, 1.165) is 21.7 Å². The van der Waals surface area contributed by atoms with Crippen molar-refractivity contribution in [3.8, 4) is 0 Å². The molecule has 1 heterocycles. The predicted octanol–water partition coefficient (Wildman–Crippen LogP) is 0.671. The molecular weight excluding hydrogens is 252 g/mol. The lowest BCUT2D eigenvalue weighted by Gasteiger charge is -2.06. The molecule has 1 aromatic carbocycles. The lowest BCUT2D eigenvalue weighted by Crippen LogP contribution is -2.35. The highest BCUT2D eigenvalue weighted by atomic mass is 16.7. The van der Waals surface area contributed by atoms with Gasteiger partial charge in [-0.2, -0.15) is 0 Å². The van der Waals surface area contributed by atoms with Crippen LogP contribution in [0.5, 0.6) is 0 Å². The fourth-order valence-electron chi connectivity index (χ4n) is 2.57. The number of amides is 1. The van der Waals surface area contributed by atoms with E-state index < -0.39 is 0 Å². The Balaban J connectivity index is 1.67. The number of nitrogens with one attached hydrogen (secondary N) is 1. The number of hydroxylamine groups is 1. The lowest BCUT2D eigenvalue weighted by molar-refractivity contribution is 0.0269. The molecule has 100 valence electrons. The molecule has 1 aromatic rings. The standard InChI is InChI=1S/C16H14N2O2/c19-16(18-20-9-10-4-5-10)13-3-1-2-11-8-14-12(15(11)13)6-7-17-14/h1-3,6-8,10H,4-5,9H2,(H,18,19). The van der Waals surface area contributed by atoms with Crippen molar-refractivity contribution in [2.45, 2.75) is 12.8 Å². The van der Waals surface area contributed by atoms with Crippen molar-refractivity contribution in [2.24, 2.45) is 10.9 Å². The van der Waals surface area contributed by atoms with Gasteiger partial charge in [-0.3, -0.25) is 14.6 Å². The van der Waals surface area contributed by atoms with Gasteiger partial charge >= 0.3 is 0 Å². The maximum Gasteiger partial charge on any atom is 0.275 e. The van der Waals surface area contributed by atoms with Gasteiger partial charge in [0.05, 0.1) is 17.9 Å². The van der Waals surface area contributed by atoms with Crippen LogP contribution in [0.1, 0.15) is 23.2 Å². The molecule has 0 unspecified atom stereocenters. The molecular formula is C16H14N2O2. The predicted molar refractivity (Wildman–Crippen MR) is 76.3 cm³/mol. The van der Waals surface area contributed by atoms with Crippen LogP contribution in [0.4, 0.5) is 0 Å². The van der Waals surface area contributed by atoms with E-state index in [1.165, 1.54) is 12.8 Å². The number of rotatable bonds is 4. The van der Waals surface area contributed by atoms with E-state index in [1.807, 2.05) is 30.4 Å². The molecule has 4 heteroatoms. The summed E-state index contributed by atoms with van der Waals surface area (Å²) < 4.78 is 0. The number of carbonyl (C=O) groups is 1. The SMILES string of the molecule is O=C(NOCC1CC1)c1cccc2c1=C1C=CN=C1C=2. The molecule has 2 aliphatic carbocycles. The highest BCUT2D eigenvalue weighted by molar-refractivity contribution is 6.39. The zero-order valence-electron chi connectivity index (χ0n) is 10.9. The molecule has 1 amide bonds. The fourth-order valence-corrected chi connectivity index (χ4v) is 2.57. The molecule has 1 aliphatic heterocycles. The van der Waals surface area contributed by atoms with Crippen LogP contribution in [0.2, 0.25) is 0 Å². The van der Waals surface area contributed by atoms with Crippen molar-refractivity contribution in [3.63, 3.8) is 0 Å². The van der Waals surface area contributed by atoms with Crippen LogP contribution in [0.25, 0.3) is 11.6 Å². The Morgan fingerprint density at radius 2 is 2.30 bits per heavy atom. The monoisotopic (exact) mass is 266 g/mol. The van der Waals surface area contributed by atoms with E-state index in [2.05, 4.69) is 10.5 Å². The van der Waals surface area contributed by atoms with Gasteiger partial charge in [-0.15, -0.1) is 0 Å². The van der Waals surface area contributed by atoms with E-state index in [1.54, 1.807) is 6.20 Å². The summed E-state index contributed by atoms with van der Waals surface area (Å²) in [5.41, 5.74) is 5.14. The minimum absolute atomic E-state index is 0.190. The molecule has 0 bridgehead atoms. The quantitative estimate of drug-likeness (QED) is 0.814. The van der Waals surface area contributed by atoms with Crippen LogP contribution < -0.4 is 15.9 Å². The topological polar surface area (TPSA) is 50.7 Å². The number of hydrogen-bond donors (Lipinski definition) is 1. The van der Waals surface area contributed by atoms with Crippen LogP contribution in [0.15, 0.2) is 35.5 Å². The molecule has 3 aliphatic rings. The van der Waals surface area contributed by atoms with Gasteiger partial charge in [-0.05, 0) is 42.2 Å². The molecule has 1 fully saturated rings. The van der Waals surface area contributed by atoms with Crippen molar-refractivity contribution in [3.05, 3.63) is 46.5 Å². The molecule has 20 heavy (non-hydrogen) atoms. The van der Waals surface area contributed by atoms with Crippen molar-refractivity contribution in [1.29, 1.82) is 0 Å². The van der Waals surface area contributed by atoms with Gasteiger partial charge in [-0.1, -0.05) is 12.1 Å². The molecule has 0 atom stereocenters. The van der Waals surface area contributed by atoms with E-state index >= 15 is 0 Å². The summed E-state index contributed by atoms with van der Waals surface area (Å²) in [5, 5.41) is 1.99. The molecule has 0 aromatic heterocycles. The Kier molecular flexibility index (Phi) is 2.57. The van der Waals surface area contributed by atoms with E-state index in [0.29, 0.717) is 18.1 Å². The third kappa shape index (κ3) is 1.89. The van der Waals surface area contributed by atoms with Crippen LogP contribution in [0.3, 0.4) is 0 Å². The minimum atomic E-state index is -0.190. The summed E-state index contributed by atoms with van der Waals surface area (Å²) in [4.78, 5) is 21.8. The Labute approximate surface area is 116 Å². The summed E-state index contributed by atoms with van der Waals surface area (Å²) >= 11 is 0. The normalized spacial score (nSPS) is 18.4. The highest BCUT2D eigenvalue weighted by Gasteiger charge is 2.22. The van der Waals surface area contributed by atoms with Gasteiger partial charge in [-0.25, -0.2) is 5.48 Å². The first-order valence-electron chi connectivity index (χ1n) is 6.85. The second-order valence-corrected chi connectivity index (χ2v) is 5.34. The molecule has 1 N–H and O–H groups in total. The Morgan fingerprint density at radius 1 is 1.40 bits per heavy atom. The van der Waals surface area contributed by atoms with Crippen LogP contribution in [0, 0.1) is 5.92 Å². The van der Waals surface area contributed by atoms with E-state index in [4.69, 9.17) is 4.84 Å². The zero-order chi connectivity index (χ0) is 13.5. The summed E-state index contributed by atoms with van der Waals surface area (Å²) in [6.07, 6.45) is 8.12. The summed E-state index contributed by atoms with van der Waals surface area (Å²) in [6, 6.07) is 5.71. The van der Waals surface area contributed by atoms with Crippen LogP contribution in [-0.2, 0) is 4.84 Å². The van der Waals surface area contributed by atoms with Crippen LogP contribution >= 0.6 is 0 Å². The molecule has 0 radical (unpaired) electrons. The molecule has 0 spiro atoms. The molecule has 0 saturated heterocycles. The number of benzene rings is 1. The van der Waals surface area contributed by atoms with Crippen molar-refractivity contribution >= 4 is 23.3 Å². The van der Waals surface area contributed by atoms with Gasteiger partial charge < -0.3 is 0 Å². The van der Waals surface area contributed by atoms with Crippen LogP contribution in [-0.4, -0.2) is 18.2 Å². The average Bonchev–Trinajstić information content (AvgIpc) is 3.04. The maximum atomic E-state index is 12.3. The second-order valence-electron chi connectivity index (χ2n) is 5.34. The number of carbonyl (C=O) groups excluding carboxylic acids is 1. The fraction of sp³-hybridized carbons (Fsp3) is 0.250. The van der Waals surface area contributed by atoms with Gasteiger partial charge in [0.25, 0.3) is 5.91 Å². The number of fused-ring (bicyclic) bond motifs is 2. The highest BCUT2D eigenvalue weighted by Crippen LogP contribution is 2.28. The van der Waals surface area contributed by atoms with E-state index in [-0.39, 0.29) is 5.91 Å². The van der Waals surface area contributed by atoms with Gasteiger partial charge in [0.1, 0.15) is 0 Å². The number of allylic oxidation sites excluding steroid dienone is 1. The first-order chi connectivity index (χ1) is 9.83. The molecule has 4 nitrogen and oxygen atoms in total. The van der Waals surface area contributed by atoms with Gasteiger partial charge in [0.15, 0.2) is 0 Å². The van der Waals surface area contributed by atoms with Gasteiger partial charge in [0.2, 0.25) is 0 Å². The second kappa shape index (κ2) is 4.42. The molecule has 1 saturated carbocycles. The first kappa shape index (κ1) is 11.6. The first-order valence-corrected chi connectivity index (χ1v) is 6.85. The molecule has 4 rings (SSSR count). The van der Waals surface area contributed by atoms with Crippen molar-refractivity contribution in [2.75, 3.05) is 6.61 Å². The number of hydrogen-bond acceptors (Lipinski definition) is 3. The summed E-state index contributed by atoms with van der Waals surface area (Å²) in [7, 11) is 0. The third-order valence-corrected chi connectivity index (χ3v) is 3.81. The number of aliphatic imine (C=N–C) groups is 1. The lowest BCUT2D eigenvalue weighted by atomic mass is 10.1. The van der Waals surface area contributed by atoms with E-state index in [9.17, 15) is 4.79 Å². The Morgan fingerprint density at radius 3 is 3.15 bits per heavy atom. The maximum absolute atomic E-state index is 12.3. The zero-order valence-corrected chi connectivity index (χ0v) is 10.9. The minimum Gasteiger partial charge on any atom is -0.273 e. The van der Waals surface area contributed by atoms with Gasteiger partial charge in [0, 0.05) is 17.0 Å². The third-order valence-electron chi connectivity index (χ3n) is 3.81. The Hall–Kier alpha value is -2.20. The summed E-state index contributed by atoms with van der Waals surface area (Å²) in [5.74, 6) is 0.431. The smallest absolute Gasteiger partial charge is 0.273 e. The Bertz CT molecular complexity index is 770. The van der Waals surface area contributed by atoms with Crippen molar-refractivity contribution < 1.29 is 9.63 Å². The largest absolute Gasteiger partial charge is 0.275 e. The number of nitrogens with zero attached hydrogens (tertiary/aromatic N) is 1. The summed E-state index contributed by atoms with van der Waals surface area (Å²) in [6.45, 7) is 0.607. The average molecular weight is 266 g/mol.